The summed E-state index contributed by atoms with van der Waals surface area (Å²) in [7, 11) is 0. The highest BCUT2D eigenvalue weighted by molar-refractivity contribution is 5.94. The Morgan fingerprint density at radius 2 is 1.86 bits per heavy atom. The van der Waals surface area contributed by atoms with Crippen molar-refractivity contribution in [2.24, 2.45) is 4.99 Å². The van der Waals surface area contributed by atoms with Crippen LogP contribution in [0.5, 0.6) is 5.75 Å². The highest BCUT2D eigenvalue weighted by Crippen LogP contribution is 2.17. The molecule has 0 radical (unpaired) electrons. The molecule has 0 saturated heterocycles. The van der Waals surface area contributed by atoms with E-state index in [1.807, 2.05) is 6.19 Å². The number of unbranched alkanes of at least 4 members (excludes halogenated alkanes) is 3. The Kier molecular flexibility index (Phi) is 8.74. The van der Waals surface area contributed by atoms with Crippen molar-refractivity contribution in [1.82, 2.24) is 10.3 Å². The van der Waals surface area contributed by atoms with Gasteiger partial charge in [0, 0.05) is 36.8 Å². The molecule has 146 valence electrons. The van der Waals surface area contributed by atoms with E-state index < -0.39 is 4.92 Å². The fraction of sp³-hybridized carbons (Fsp3) is 0.316. The van der Waals surface area contributed by atoms with Gasteiger partial charge in [-0.15, -0.1) is 0 Å². The summed E-state index contributed by atoms with van der Waals surface area (Å²) in [6, 6.07) is 9.65. The standard InChI is InChI=1S/C19H22N6O3/c20-15-23-19(24-16-9-12-21-13-10-16)22-11-3-1-2-4-14-28-18-7-5-17(6-8-18)25(26)27/h5-10,12-13H,1-4,11,14H2,(H2,21,22,23,24). The van der Waals surface area contributed by atoms with E-state index in [2.05, 4.69) is 20.6 Å². The maximum absolute atomic E-state index is 10.6. The van der Waals surface area contributed by atoms with E-state index in [1.54, 1.807) is 36.7 Å². The molecule has 2 N–H and O–H groups in total. The minimum absolute atomic E-state index is 0.0524. The first-order valence-corrected chi connectivity index (χ1v) is 8.93. The summed E-state index contributed by atoms with van der Waals surface area (Å²) in [5, 5.41) is 25.0. The summed E-state index contributed by atoms with van der Waals surface area (Å²) in [4.78, 5) is 18.5. The number of aromatic nitrogens is 1. The monoisotopic (exact) mass is 382 g/mol. The van der Waals surface area contributed by atoms with Crippen molar-refractivity contribution >= 4 is 17.3 Å². The number of nitro benzene ring substituents is 1. The third-order valence-electron chi connectivity index (χ3n) is 3.76. The van der Waals surface area contributed by atoms with Gasteiger partial charge in [-0.1, -0.05) is 6.42 Å². The van der Waals surface area contributed by atoms with Crippen LogP contribution >= 0.6 is 0 Å². The van der Waals surface area contributed by atoms with Crippen molar-refractivity contribution in [2.75, 3.05) is 18.5 Å². The highest BCUT2D eigenvalue weighted by atomic mass is 16.6. The van der Waals surface area contributed by atoms with Crippen LogP contribution in [0.15, 0.2) is 53.8 Å². The van der Waals surface area contributed by atoms with E-state index >= 15 is 0 Å². The average Bonchev–Trinajstić information content (AvgIpc) is 2.71. The molecule has 2 aromatic rings. The number of nitriles is 1. The average molecular weight is 382 g/mol. The topological polar surface area (TPSA) is 125 Å². The summed E-state index contributed by atoms with van der Waals surface area (Å²) < 4.78 is 5.57. The second-order valence-electron chi connectivity index (χ2n) is 5.84. The number of rotatable bonds is 10. The van der Waals surface area contributed by atoms with Crippen LogP contribution in [0.1, 0.15) is 25.7 Å². The Bertz CT molecular complexity index is 803. The van der Waals surface area contributed by atoms with Crippen molar-refractivity contribution in [3.05, 3.63) is 58.9 Å². The van der Waals surface area contributed by atoms with Gasteiger partial charge in [0.15, 0.2) is 6.19 Å². The van der Waals surface area contributed by atoms with Crippen molar-refractivity contribution in [2.45, 2.75) is 25.7 Å². The zero-order valence-corrected chi connectivity index (χ0v) is 15.4. The Hall–Kier alpha value is -3.67. The molecule has 0 atom stereocenters. The number of nitro groups is 1. The summed E-state index contributed by atoms with van der Waals surface area (Å²) in [5.74, 6) is 1.04. The largest absolute Gasteiger partial charge is 0.494 e. The number of benzene rings is 1. The van der Waals surface area contributed by atoms with Crippen molar-refractivity contribution in [3.63, 3.8) is 0 Å². The molecule has 0 amide bonds. The number of hydrogen-bond donors (Lipinski definition) is 2. The Labute approximate surface area is 163 Å². The van der Waals surface area contributed by atoms with E-state index in [9.17, 15) is 10.1 Å². The van der Waals surface area contributed by atoms with Crippen LogP contribution in [0, 0.1) is 21.6 Å². The van der Waals surface area contributed by atoms with Gasteiger partial charge in [0.25, 0.3) is 5.69 Å². The first-order chi connectivity index (χ1) is 13.7. The molecule has 1 aromatic carbocycles. The van der Waals surface area contributed by atoms with Gasteiger partial charge in [-0.3, -0.25) is 25.4 Å². The molecule has 0 unspecified atom stereocenters. The van der Waals surface area contributed by atoms with Crippen LogP contribution in [0.2, 0.25) is 0 Å². The normalized spacial score (nSPS) is 10.8. The second-order valence-corrected chi connectivity index (χ2v) is 5.84. The van der Waals surface area contributed by atoms with Crippen LogP contribution < -0.4 is 15.4 Å². The van der Waals surface area contributed by atoms with Gasteiger partial charge in [-0.25, -0.2) is 0 Å². The van der Waals surface area contributed by atoms with Crippen LogP contribution in [0.4, 0.5) is 11.4 Å². The predicted octanol–water partition coefficient (Wildman–Crippen LogP) is 3.47. The maximum atomic E-state index is 10.6. The third kappa shape index (κ3) is 7.70. The van der Waals surface area contributed by atoms with E-state index in [0.29, 0.717) is 24.9 Å². The smallest absolute Gasteiger partial charge is 0.269 e. The molecule has 0 fully saturated rings. The molecule has 9 heteroatoms. The van der Waals surface area contributed by atoms with Crippen molar-refractivity contribution < 1.29 is 9.66 Å². The number of non-ortho nitro benzene ring substituents is 1. The molecule has 1 aromatic heterocycles. The number of hydrogen-bond acceptors (Lipinski definition) is 6. The number of aliphatic imine (C=N–C) groups is 1. The first kappa shape index (κ1) is 20.6. The number of guanidine groups is 1. The number of nitrogens with one attached hydrogen (secondary N) is 2. The van der Waals surface area contributed by atoms with Crippen LogP contribution in [-0.2, 0) is 0 Å². The lowest BCUT2D eigenvalue weighted by Gasteiger charge is -2.08. The molecular formula is C19H22N6O3. The minimum atomic E-state index is -0.434. The van der Waals surface area contributed by atoms with Crippen molar-refractivity contribution in [3.8, 4) is 11.9 Å². The molecule has 9 nitrogen and oxygen atoms in total. The molecule has 1 heterocycles. The Morgan fingerprint density at radius 3 is 2.54 bits per heavy atom. The van der Waals surface area contributed by atoms with Gasteiger partial charge in [-0.05, 0) is 43.5 Å². The minimum Gasteiger partial charge on any atom is -0.494 e. The van der Waals surface area contributed by atoms with Gasteiger partial charge < -0.3 is 10.1 Å². The molecule has 0 bridgehead atoms. The summed E-state index contributed by atoms with van der Waals surface area (Å²) in [5.41, 5.74) is 0.858. The van der Waals surface area contributed by atoms with Gasteiger partial charge in [0.05, 0.1) is 11.5 Å². The maximum Gasteiger partial charge on any atom is 0.269 e. The predicted molar refractivity (Wildman–Crippen MR) is 106 cm³/mol. The van der Waals surface area contributed by atoms with E-state index in [1.165, 1.54) is 12.1 Å². The molecule has 2 rings (SSSR count). The van der Waals surface area contributed by atoms with Gasteiger partial charge in [-0.2, -0.15) is 5.26 Å². The molecular weight excluding hydrogens is 360 g/mol. The van der Waals surface area contributed by atoms with Crippen LogP contribution in [0.3, 0.4) is 0 Å². The SMILES string of the molecule is N#CNC(=NCCCCCCOc1ccc([N+](=O)[O-])cc1)Nc1ccncc1. The number of pyridine rings is 1. The molecule has 0 aliphatic rings. The summed E-state index contributed by atoms with van der Waals surface area (Å²) in [6.07, 6.45) is 8.94. The lowest BCUT2D eigenvalue weighted by atomic mass is 10.2. The molecule has 0 aliphatic heterocycles. The van der Waals surface area contributed by atoms with Crippen LogP contribution in [0.25, 0.3) is 0 Å². The van der Waals surface area contributed by atoms with Gasteiger partial charge >= 0.3 is 0 Å². The lowest BCUT2D eigenvalue weighted by Crippen LogP contribution is -2.27. The first-order valence-electron chi connectivity index (χ1n) is 8.93. The molecule has 0 saturated carbocycles. The number of nitrogens with zero attached hydrogens (tertiary/aromatic N) is 4. The molecule has 0 spiro atoms. The Balaban J connectivity index is 1.60. The fourth-order valence-corrected chi connectivity index (χ4v) is 2.35. The van der Waals surface area contributed by atoms with E-state index in [4.69, 9.17) is 10.00 Å². The highest BCUT2D eigenvalue weighted by Gasteiger charge is 2.04. The zero-order chi connectivity index (χ0) is 20.0. The van der Waals surface area contributed by atoms with Gasteiger partial charge in [0.2, 0.25) is 5.96 Å². The van der Waals surface area contributed by atoms with E-state index in [-0.39, 0.29) is 5.69 Å². The lowest BCUT2D eigenvalue weighted by molar-refractivity contribution is -0.384. The Morgan fingerprint density at radius 1 is 1.14 bits per heavy atom. The number of ether oxygens (including phenoxy) is 1. The van der Waals surface area contributed by atoms with Crippen molar-refractivity contribution in [1.29, 1.82) is 5.26 Å². The van der Waals surface area contributed by atoms with E-state index in [0.717, 1.165) is 31.4 Å². The zero-order valence-electron chi connectivity index (χ0n) is 15.4. The molecule has 28 heavy (non-hydrogen) atoms. The van der Waals surface area contributed by atoms with Crippen LogP contribution in [-0.4, -0.2) is 29.0 Å². The second kappa shape index (κ2) is 11.9. The summed E-state index contributed by atoms with van der Waals surface area (Å²) in [6.45, 7) is 1.16. The number of anilines is 1. The molecule has 0 aliphatic carbocycles. The quantitative estimate of drug-likeness (QED) is 0.123. The fourth-order valence-electron chi connectivity index (χ4n) is 2.35. The third-order valence-corrected chi connectivity index (χ3v) is 3.76. The summed E-state index contributed by atoms with van der Waals surface area (Å²) >= 11 is 0. The van der Waals surface area contributed by atoms with Gasteiger partial charge in [0.1, 0.15) is 5.75 Å².